The lowest BCUT2D eigenvalue weighted by Gasteiger charge is -2.24. The fourth-order valence-electron chi connectivity index (χ4n) is 2.36. The van der Waals surface area contributed by atoms with Crippen LogP contribution in [0.2, 0.25) is 5.22 Å². The third kappa shape index (κ3) is 4.63. The first-order chi connectivity index (χ1) is 10.3. The van der Waals surface area contributed by atoms with Crippen molar-refractivity contribution in [1.29, 1.82) is 0 Å². The number of furan rings is 1. The number of nitrogens with zero attached hydrogens (tertiary/aromatic N) is 1. The standard InChI is InChI=1S/C15H23ClN2O4/c1-15(2,3)22-14(19)18-8-11(12(9-18)20-4)17-7-10-5-6-13(16)21-10/h5-6,11-12,17H,7-9H2,1-4H3/t11?,12-/m0/s1. The zero-order chi connectivity index (χ0) is 16.3. The number of likely N-dealkylation sites (tertiary alicyclic amines) is 1. The zero-order valence-electron chi connectivity index (χ0n) is 13.4. The van der Waals surface area contributed by atoms with Crippen molar-refractivity contribution in [1.82, 2.24) is 10.2 Å². The number of ether oxygens (including phenoxy) is 2. The Morgan fingerprint density at radius 1 is 1.45 bits per heavy atom. The lowest BCUT2D eigenvalue weighted by atomic mass is 10.2. The van der Waals surface area contributed by atoms with Crippen molar-refractivity contribution in [2.24, 2.45) is 0 Å². The molecule has 0 aliphatic carbocycles. The van der Waals surface area contributed by atoms with Gasteiger partial charge in [0.15, 0.2) is 5.22 Å². The molecule has 0 bridgehead atoms. The monoisotopic (exact) mass is 330 g/mol. The van der Waals surface area contributed by atoms with E-state index in [0.717, 1.165) is 5.76 Å². The van der Waals surface area contributed by atoms with Crippen LogP contribution in [0.15, 0.2) is 16.5 Å². The van der Waals surface area contributed by atoms with Crippen LogP contribution in [-0.4, -0.2) is 48.9 Å². The van der Waals surface area contributed by atoms with E-state index in [-0.39, 0.29) is 18.2 Å². The van der Waals surface area contributed by atoms with Crippen molar-refractivity contribution in [3.05, 3.63) is 23.1 Å². The summed E-state index contributed by atoms with van der Waals surface area (Å²) in [6.07, 6.45) is -0.405. The van der Waals surface area contributed by atoms with E-state index < -0.39 is 5.60 Å². The molecule has 0 saturated carbocycles. The molecular weight excluding hydrogens is 308 g/mol. The van der Waals surface area contributed by atoms with Gasteiger partial charge in [-0.2, -0.15) is 0 Å². The quantitative estimate of drug-likeness (QED) is 0.919. The predicted molar refractivity (Wildman–Crippen MR) is 82.9 cm³/mol. The highest BCUT2D eigenvalue weighted by Crippen LogP contribution is 2.19. The van der Waals surface area contributed by atoms with Gasteiger partial charge in [0.1, 0.15) is 11.4 Å². The molecule has 1 unspecified atom stereocenters. The second-order valence-corrected chi connectivity index (χ2v) is 6.73. The van der Waals surface area contributed by atoms with Gasteiger partial charge >= 0.3 is 6.09 Å². The molecule has 0 radical (unpaired) electrons. The van der Waals surface area contributed by atoms with Crippen molar-refractivity contribution < 1.29 is 18.7 Å². The molecule has 6 nitrogen and oxygen atoms in total. The van der Waals surface area contributed by atoms with Gasteiger partial charge in [-0.25, -0.2) is 4.79 Å². The van der Waals surface area contributed by atoms with Crippen LogP contribution >= 0.6 is 11.6 Å². The van der Waals surface area contributed by atoms with E-state index in [9.17, 15) is 4.79 Å². The molecule has 2 heterocycles. The SMILES string of the molecule is CO[C@H]1CN(C(=O)OC(C)(C)C)CC1NCc1ccc(Cl)o1. The Bertz CT molecular complexity index is 512. The topological polar surface area (TPSA) is 63.9 Å². The molecule has 7 heteroatoms. The second kappa shape index (κ2) is 6.89. The summed E-state index contributed by atoms with van der Waals surface area (Å²) in [5.41, 5.74) is -0.504. The number of halogens is 1. The molecule has 1 amide bonds. The third-order valence-electron chi connectivity index (χ3n) is 3.39. The van der Waals surface area contributed by atoms with Gasteiger partial charge < -0.3 is 24.1 Å². The molecule has 124 valence electrons. The van der Waals surface area contributed by atoms with Crippen molar-refractivity contribution in [3.63, 3.8) is 0 Å². The van der Waals surface area contributed by atoms with Gasteiger partial charge in [-0.1, -0.05) is 0 Å². The van der Waals surface area contributed by atoms with E-state index >= 15 is 0 Å². The average molecular weight is 331 g/mol. The Morgan fingerprint density at radius 2 is 2.18 bits per heavy atom. The molecule has 0 aromatic carbocycles. The zero-order valence-corrected chi connectivity index (χ0v) is 14.1. The number of carbonyl (C=O) groups excluding carboxylic acids is 1. The third-order valence-corrected chi connectivity index (χ3v) is 3.59. The Morgan fingerprint density at radius 3 is 2.73 bits per heavy atom. The normalized spacial score (nSPS) is 22.1. The van der Waals surface area contributed by atoms with Crippen LogP contribution in [-0.2, 0) is 16.0 Å². The first-order valence-electron chi connectivity index (χ1n) is 7.27. The highest BCUT2D eigenvalue weighted by Gasteiger charge is 2.37. The second-order valence-electron chi connectivity index (χ2n) is 6.35. The molecular formula is C15H23ClN2O4. The maximum absolute atomic E-state index is 12.1. The molecule has 0 spiro atoms. The number of methoxy groups -OCH3 is 1. The van der Waals surface area contributed by atoms with E-state index in [1.807, 2.05) is 26.8 Å². The van der Waals surface area contributed by atoms with Gasteiger partial charge in [-0.15, -0.1) is 0 Å². The summed E-state index contributed by atoms with van der Waals surface area (Å²) in [7, 11) is 1.64. The molecule has 1 saturated heterocycles. The highest BCUT2D eigenvalue weighted by molar-refractivity contribution is 6.28. The van der Waals surface area contributed by atoms with Gasteiger partial charge in [0, 0.05) is 13.7 Å². The summed E-state index contributed by atoms with van der Waals surface area (Å²) in [6, 6.07) is 3.53. The van der Waals surface area contributed by atoms with Crippen molar-refractivity contribution in [2.75, 3.05) is 20.2 Å². The number of hydrogen-bond acceptors (Lipinski definition) is 5. The van der Waals surface area contributed by atoms with E-state index in [4.69, 9.17) is 25.5 Å². The lowest BCUT2D eigenvalue weighted by molar-refractivity contribution is 0.0252. The van der Waals surface area contributed by atoms with Gasteiger partial charge in [-0.3, -0.25) is 0 Å². The summed E-state index contributed by atoms with van der Waals surface area (Å²) in [6.45, 7) is 7.12. The maximum Gasteiger partial charge on any atom is 0.410 e. The lowest BCUT2D eigenvalue weighted by Crippen LogP contribution is -2.40. The molecule has 1 aliphatic rings. The number of hydrogen-bond donors (Lipinski definition) is 1. The summed E-state index contributed by atoms with van der Waals surface area (Å²) < 4.78 is 16.2. The number of nitrogens with one attached hydrogen (secondary N) is 1. The average Bonchev–Trinajstić information content (AvgIpc) is 3.00. The van der Waals surface area contributed by atoms with Crippen molar-refractivity contribution in [3.8, 4) is 0 Å². The van der Waals surface area contributed by atoms with Gasteiger partial charge in [-0.05, 0) is 44.5 Å². The molecule has 2 atom stereocenters. The fraction of sp³-hybridized carbons (Fsp3) is 0.667. The van der Waals surface area contributed by atoms with Gasteiger partial charge in [0.2, 0.25) is 0 Å². The fourth-order valence-corrected chi connectivity index (χ4v) is 2.52. The Hall–Kier alpha value is -1.24. The van der Waals surface area contributed by atoms with Crippen molar-refractivity contribution in [2.45, 2.75) is 45.1 Å². The molecule has 1 aromatic heterocycles. The van der Waals surface area contributed by atoms with Gasteiger partial charge in [0.05, 0.1) is 25.2 Å². The smallest absolute Gasteiger partial charge is 0.410 e. The molecule has 1 N–H and O–H groups in total. The predicted octanol–water partition coefficient (Wildman–Crippen LogP) is 2.66. The Balaban J connectivity index is 1.90. The first kappa shape index (κ1) is 17.1. The van der Waals surface area contributed by atoms with Crippen LogP contribution < -0.4 is 5.32 Å². The number of amides is 1. The Kier molecular flexibility index (Phi) is 5.36. The van der Waals surface area contributed by atoms with E-state index in [2.05, 4.69) is 5.32 Å². The van der Waals surface area contributed by atoms with Gasteiger partial charge in [0.25, 0.3) is 0 Å². The molecule has 2 rings (SSSR count). The van der Waals surface area contributed by atoms with Crippen LogP contribution in [0.1, 0.15) is 26.5 Å². The minimum Gasteiger partial charge on any atom is -0.448 e. The summed E-state index contributed by atoms with van der Waals surface area (Å²) >= 11 is 5.75. The van der Waals surface area contributed by atoms with Crippen LogP contribution in [0.5, 0.6) is 0 Å². The van der Waals surface area contributed by atoms with E-state index in [1.165, 1.54) is 0 Å². The Labute approximate surface area is 135 Å². The van der Waals surface area contributed by atoms with Crippen LogP contribution in [0, 0.1) is 0 Å². The number of carbonyl (C=O) groups is 1. The van der Waals surface area contributed by atoms with Crippen molar-refractivity contribution >= 4 is 17.7 Å². The van der Waals surface area contributed by atoms with Crippen LogP contribution in [0.3, 0.4) is 0 Å². The number of rotatable bonds is 4. The highest BCUT2D eigenvalue weighted by atomic mass is 35.5. The molecule has 22 heavy (non-hydrogen) atoms. The molecule has 1 aliphatic heterocycles. The largest absolute Gasteiger partial charge is 0.448 e. The minimum atomic E-state index is -0.504. The molecule has 1 aromatic rings. The van der Waals surface area contributed by atoms with E-state index in [1.54, 1.807) is 18.1 Å². The van der Waals surface area contributed by atoms with E-state index in [0.29, 0.717) is 24.9 Å². The van der Waals surface area contributed by atoms with Crippen LogP contribution in [0.25, 0.3) is 0 Å². The maximum atomic E-state index is 12.1. The summed E-state index contributed by atoms with van der Waals surface area (Å²) in [4.78, 5) is 13.8. The summed E-state index contributed by atoms with van der Waals surface area (Å²) in [5, 5.41) is 3.70. The van der Waals surface area contributed by atoms with Crippen LogP contribution in [0.4, 0.5) is 4.79 Å². The minimum absolute atomic E-state index is 0.0152. The molecule has 1 fully saturated rings. The summed E-state index contributed by atoms with van der Waals surface area (Å²) in [5.74, 6) is 0.746. The first-order valence-corrected chi connectivity index (χ1v) is 7.64.